The van der Waals surface area contributed by atoms with Crippen molar-refractivity contribution in [2.45, 2.75) is 55.8 Å². The fourth-order valence-corrected chi connectivity index (χ4v) is 5.61. The number of benzene rings is 1. The van der Waals surface area contributed by atoms with Gasteiger partial charge in [0.05, 0.1) is 23.5 Å². The molecule has 5 rings (SSSR count). The summed E-state index contributed by atoms with van der Waals surface area (Å²) < 4.78 is 47.2. The van der Waals surface area contributed by atoms with E-state index in [1.54, 1.807) is 15.6 Å². The zero-order chi connectivity index (χ0) is 27.3. The number of anilines is 2. The second kappa shape index (κ2) is 9.39. The zero-order valence-corrected chi connectivity index (χ0v) is 20.5. The van der Waals surface area contributed by atoms with E-state index < -0.39 is 35.7 Å². The lowest BCUT2D eigenvalue weighted by Crippen LogP contribution is -2.50. The van der Waals surface area contributed by atoms with Crippen molar-refractivity contribution < 1.29 is 28.1 Å². The lowest BCUT2D eigenvalue weighted by molar-refractivity contribution is -0.265. The second-order valence-corrected chi connectivity index (χ2v) is 9.84. The summed E-state index contributed by atoms with van der Waals surface area (Å²) in [4.78, 5) is 17.2. The van der Waals surface area contributed by atoms with E-state index in [2.05, 4.69) is 16.4 Å². The van der Waals surface area contributed by atoms with Crippen molar-refractivity contribution in [1.82, 2.24) is 19.7 Å². The lowest BCUT2D eigenvalue weighted by Gasteiger charge is -2.42. The molecule has 2 atom stereocenters. The van der Waals surface area contributed by atoms with Gasteiger partial charge in [-0.25, -0.2) is 0 Å². The van der Waals surface area contributed by atoms with E-state index in [9.17, 15) is 33.4 Å². The van der Waals surface area contributed by atoms with Crippen LogP contribution < -0.4 is 10.9 Å². The van der Waals surface area contributed by atoms with E-state index in [1.165, 1.54) is 31.5 Å². The number of nitrogens with zero attached hydrogens (tertiary/aromatic N) is 4. The van der Waals surface area contributed by atoms with Gasteiger partial charge in [-0.1, -0.05) is 6.07 Å². The Morgan fingerprint density at radius 3 is 2.68 bits per heavy atom. The number of methoxy groups -OCH3 is 1. The summed E-state index contributed by atoms with van der Waals surface area (Å²) in [6.45, 7) is 0.855. The molecule has 1 aliphatic heterocycles. The number of nitriles is 1. The molecule has 3 heterocycles. The summed E-state index contributed by atoms with van der Waals surface area (Å²) in [7, 11) is 1.40. The molecule has 0 amide bonds. The molecule has 1 aromatic carbocycles. The maximum absolute atomic E-state index is 13.5. The number of halogens is 3. The number of hydrogen-bond donors (Lipinski definition) is 4. The van der Waals surface area contributed by atoms with Crippen molar-refractivity contribution in [3.8, 4) is 6.07 Å². The quantitative estimate of drug-likeness (QED) is 0.356. The molecular weight excluding hydrogens is 505 g/mol. The van der Waals surface area contributed by atoms with Crippen LogP contribution in [0.5, 0.6) is 0 Å². The summed E-state index contributed by atoms with van der Waals surface area (Å²) in [6.07, 6.45) is -3.76. The number of aromatic nitrogens is 3. The predicted molar refractivity (Wildman–Crippen MR) is 130 cm³/mol. The third kappa shape index (κ3) is 4.14. The van der Waals surface area contributed by atoms with Crippen LogP contribution in [0.25, 0.3) is 10.9 Å². The van der Waals surface area contributed by atoms with Gasteiger partial charge in [0.1, 0.15) is 5.39 Å². The van der Waals surface area contributed by atoms with E-state index in [1.807, 2.05) is 0 Å². The van der Waals surface area contributed by atoms with Crippen molar-refractivity contribution in [3.05, 3.63) is 51.9 Å². The fourth-order valence-electron chi connectivity index (χ4n) is 5.61. The molecule has 1 aliphatic carbocycles. The molecule has 0 bridgehead atoms. The Morgan fingerprint density at radius 2 is 2.03 bits per heavy atom. The van der Waals surface area contributed by atoms with Gasteiger partial charge in [-0.05, 0) is 55.0 Å². The summed E-state index contributed by atoms with van der Waals surface area (Å²) in [5.41, 5.74) is -2.97. The number of fused-ring (bicyclic) bond motifs is 2. The first-order chi connectivity index (χ1) is 18.0. The fraction of sp³-hybridized carbons (Fsp3) is 0.480. The molecule has 38 heavy (non-hydrogen) atoms. The van der Waals surface area contributed by atoms with Gasteiger partial charge in [0, 0.05) is 32.1 Å². The summed E-state index contributed by atoms with van der Waals surface area (Å²) in [6, 6.07) is 8.10. The number of aliphatic hydroxyl groups is 2. The number of pyridine rings is 1. The summed E-state index contributed by atoms with van der Waals surface area (Å²) >= 11 is 0. The van der Waals surface area contributed by atoms with E-state index in [4.69, 9.17) is 9.84 Å². The third-order valence-electron chi connectivity index (χ3n) is 7.75. The topological polar surface area (TPSA) is 139 Å². The van der Waals surface area contributed by atoms with Gasteiger partial charge in [-0.2, -0.15) is 23.5 Å². The molecule has 2 aliphatic rings. The molecule has 10 nitrogen and oxygen atoms in total. The molecule has 1 saturated heterocycles. The highest BCUT2D eigenvalue weighted by atomic mass is 19.4. The van der Waals surface area contributed by atoms with Crippen molar-refractivity contribution in [2.24, 2.45) is 0 Å². The monoisotopic (exact) mass is 532 g/mol. The molecule has 2 aromatic heterocycles. The van der Waals surface area contributed by atoms with E-state index >= 15 is 0 Å². The number of rotatable bonds is 6. The van der Waals surface area contributed by atoms with Crippen LogP contribution in [0.3, 0.4) is 0 Å². The Bertz CT molecular complexity index is 1450. The molecule has 202 valence electrons. The largest absolute Gasteiger partial charge is 0.421 e. The first kappa shape index (κ1) is 26.2. The number of aliphatic hydroxyl groups excluding tert-OH is 1. The lowest BCUT2D eigenvalue weighted by atomic mass is 9.84. The molecule has 0 spiro atoms. The van der Waals surface area contributed by atoms with Gasteiger partial charge >= 0.3 is 6.18 Å². The second-order valence-electron chi connectivity index (χ2n) is 9.84. The smallest absolute Gasteiger partial charge is 0.376 e. The van der Waals surface area contributed by atoms with Crippen LogP contribution >= 0.6 is 0 Å². The SMILES string of the molecule is COC(O)N1CCC(CC#N)(n2nc(Nc3ccc4c(c3)CCC4(O)C(F)(F)F)c3c(=O)[nH]ccc32)CC1. The van der Waals surface area contributed by atoms with Crippen LogP contribution in [0.1, 0.15) is 36.8 Å². The van der Waals surface area contributed by atoms with Gasteiger partial charge in [0.15, 0.2) is 11.4 Å². The van der Waals surface area contributed by atoms with Crippen LogP contribution in [0.2, 0.25) is 0 Å². The Balaban J connectivity index is 1.53. The summed E-state index contributed by atoms with van der Waals surface area (Å²) in [5, 5.41) is 38.0. The molecular formula is C25H27F3N6O4. The van der Waals surface area contributed by atoms with Gasteiger partial charge in [-0.3, -0.25) is 14.4 Å². The number of likely N-dealkylation sites (tertiary alicyclic amines) is 1. The maximum Gasteiger partial charge on any atom is 0.421 e. The average Bonchev–Trinajstić information content (AvgIpc) is 3.44. The number of H-pyrrole nitrogens is 1. The van der Waals surface area contributed by atoms with Crippen molar-refractivity contribution in [2.75, 3.05) is 25.5 Å². The van der Waals surface area contributed by atoms with Crippen molar-refractivity contribution in [1.29, 1.82) is 5.26 Å². The van der Waals surface area contributed by atoms with Gasteiger partial charge in [-0.15, -0.1) is 0 Å². The van der Waals surface area contributed by atoms with Gasteiger partial charge < -0.3 is 25.3 Å². The predicted octanol–water partition coefficient (Wildman–Crippen LogP) is 2.79. The Kier molecular flexibility index (Phi) is 6.47. The van der Waals surface area contributed by atoms with Crippen LogP contribution in [0.4, 0.5) is 24.7 Å². The third-order valence-corrected chi connectivity index (χ3v) is 7.75. The Morgan fingerprint density at radius 1 is 1.29 bits per heavy atom. The average molecular weight is 533 g/mol. The van der Waals surface area contributed by atoms with E-state index in [0.29, 0.717) is 42.7 Å². The molecule has 4 N–H and O–H groups in total. The Labute approximate surface area is 215 Å². The molecule has 1 fully saturated rings. The van der Waals surface area contributed by atoms with Crippen LogP contribution in [-0.4, -0.2) is 62.7 Å². The maximum atomic E-state index is 13.5. The molecule has 3 aromatic rings. The minimum Gasteiger partial charge on any atom is -0.376 e. The van der Waals surface area contributed by atoms with Crippen molar-refractivity contribution in [3.63, 3.8) is 0 Å². The highest BCUT2D eigenvalue weighted by Gasteiger charge is 2.57. The number of nitrogens with one attached hydrogen (secondary N) is 2. The van der Waals surface area contributed by atoms with E-state index in [-0.39, 0.29) is 29.6 Å². The number of alkyl halides is 3. The number of aromatic amines is 1. The summed E-state index contributed by atoms with van der Waals surface area (Å²) in [5.74, 6) is 0.197. The zero-order valence-electron chi connectivity index (χ0n) is 20.5. The minimum absolute atomic E-state index is 0.0474. The Hall–Kier alpha value is -3.44. The number of ether oxygens (including phenoxy) is 1. The first-order valence-corrected chi connectivity index (χ1v) is 12.2. The normalized spacial score (nSPS) is 22.2. The van der Waals surface area contributed by atoms with Gasteiger partial charge in [0.25, 0.3) is 5.56 Å². The highest BCUT2D eigenvalue weighted by molar-refractivity contribution is 5.91. The highest BCUT2D eigenvalue weighted by Crippen LogP contribution is 2.48. The number of hydrogen-bond acceptors (Lipinski definition) is 8. The van der Waals surface area contributed by atoms with Crippen LogP contribution in [0, 0.1) is 11.3 Å². The van der Waals surface area contributed by atoms with Gasteiger partial charge in [0.2, 0.25) is 6.41 Å². The van der Waals surface area contributed by atoms with Crippen molar-refractivity contribution >= 4 is 22.4 Å². The molecule has 2 unspecified atom stereocenters. The molecule has 13 heteroatoms. The first-order valence-electron chi connectivity index (χ1n) is 12.2. The molecule has 0 saturated carbocycles. The van der Waals surface area contributed by atoms with E-state index in [0.717, 1.165) is 0 Å². The standard InChI is InChI=1S/C25H27F3N6O4/c1-38-22(36)33-12-8-23(7-10-29,9-13-33)34-18-5-11-30-21(35)19(18)20(32-34)31-16-2-3-17-15(14-16)4-6-24(17,37)25(26,27)28/h2-3,5,11,14,22,36-37H,4,6-9,12-13H2,1H3,(H,30,35)(H,31,32). The van der Waals surface area contributed by atoms with Crippen LogP contribution in [-0.2, 0) is 22.3 Å². The minimum atomic E-state index is -4.79. The number of aryl methyl sites for hydroxylation is 1. The molecule has 0 radical (unpaired) electrons. The van der Waals surface area contributed by atoms with Crippen LogP contribution in [0.15, 0.2) is 35.3 Å². The number of piperidine rings is 1.